The number of ether oxygens (including phenoxy) is 1. The minimum absolute atomic E-state index is 0.0268. The Morgan fingerprint density at radius 3 is 2.61 bits per heavy atom. The van der Waals surface area contributed by atoms with E-state index in [9.17, 15) is 27.2 Å². The van der Waals surface area contributed by atoms with Crippen molar-refractivity contribution in [3.05, 3.63) is 63.6 Å². The fraction of sp³-hybridized carbons (Fsp3) is 0.393. The van der Waals surface area contributed by atoms with Gasteiger partial charge in [-0.25, -0.2) is 13.6 Å². The first kappa shape index (κ1) is 27.5. The summed E-state index contributed by atoms with van der Waals surface area (Å²) in [5, 5.41) is 0.179. The van der Waals surface area contributed by atoms with E-state index >= 15 is 4.39 Å². The Kier molecular flexibility index (Phi) is 6.33. The molecule has 0 bridgehead atoms. The van der Waals surface area contributed by atoms with Gasteiger partial charge in [-0.2, -0.15) is 18.2 Å². The van der Waals surface area contributed by atoms with E-state index in [1.165, 1.54) is 18.2 Å². The summed E-state index contributed by atoms with van der Waals surface area (Å²) in [5.74, 6) is -2.53. The van der Waals surface area contributed by atoms with Gasteiger partial charge in [-0.15, -0.1) is 0 Å². The van der Waals surface area contributed by atoms with Gasteiger partial charge in [-0.3, -0.25) is 9.36 Å². The Bertz CT molecular complexity index is 1680. The number of halogens is 6. The predicted molar refractivity (Wildman–Crippen MR) is 142 cm³/mol. The predicted octanol–water partition coefficient (Wildman–Crippen LogP) is 5.45. The Morgan fingerprint density at radius 1 is 1.24 bits per heavy atom. The maximum absolute atomic E-state index is 15.1. The van der Waals surface area contributed by atoms with E-state index in [1.54, 1.807) is 9.80 Å². The molecule has 1 aliphatic carbocycles. The first-order chi connectivity index (χ1) is 19.4. The van der Waals surface area contributed by atoms with Gasteiger partial charge in [0.2, 0.25) is 5.91 Å². The zero-order valence-corrected chi connectivity index (χ0v) is 22.6. The highest BCUT2D eigenvalue weighted by Gasteiger charge is 2.63. The molecule has 41 heavy (non-hydrogen) atoms. The summed E-state index contributed by atoms with van der Waals surface area (Å²) < 4.78 is 78.5. The van der Waals surface area contributed by atoms with E-state index < -0.39 is 35.5 Å². The third-order valence-corrected chi connectivity index (χ3v) is 8.55. The molecule has 0 N–H and O–H groups in total. The van der Waals surface area contributed by atoms with Crippen molar-refractivity contribution >= 4 is 34.2 Å². The van der Waals surface area contributed by atoms with Crippen molar-refractivity contribution < 1.29 is 31.5 Å². The molecular formula is C28H24ClF5N4O3. The normalized spacial score (nSPS) is 19.4. The molecule has 1 saturated carbocycles. The molecule has 3 heterocycles. The molecule has 6 rings (SSSR count). The molecule has 2 fully saturated rings. The smallest absolute Gasteiger partial charge is 0.396 e. The number of carbonyl (C=O) groups excluding carboxylic acids is 1. The molecule has 0 radical (unpaired) electrons. The van der Waals surface area contributed by atoms with Gasteiger partial charge in [0.1, 0.15) is 12.4 Å². The lowest BCUT2D eigenvalue weighted by molar-refractivity contribution is -0.190. The van der Waals surface area contributed by atoms with E-state index in [4.69, 9.17) is 16.3 Å². The largest absolute Gasteiger partial charge is 0.486 e. The molecule has 216 valence electrons. The molecule has 3 aromatic rings. The first-order valence-corrected chi connectivity index (χ1v) is 13.4. The lowest BCUT2D eigenvalue weighted by atomic mass is 9.94. The summed E-state index contributed by atoms with van der Waals surface area (Å²) in [4.78, 5) is 33.3. The maximum atomic E-state index is 15.1. The topological polar surface area (TPSA) is 67.7 Å². The van der Waals surface area contributed by atoms with Crippen LogP contribution in [-0.4, -0.2) is 52.2 Å². The molecule has 0 spiro atoms. The molecule has 2 aliphatic heterocycles. The van der Waals surface area contributed by atoms with Gasteiger partial charge in [0.25, 0.3) is 0 Å². The van der Waals surface area contributed by atoms with Crippen molar-refractivity contribution in [1.29, 1.82) is 0 Å². The average molecular weight is 595 g/mol. The number of carbonyl (C=O) groups is 1. The van der Waals surface area contributed by atoms with Crippen LogP contribution in [0.3, 0.4) is 0 Å². The Labute approximate surface area is 235 Å². The fourth-order valence-electron chi connectivity index (χ4n) is 5.82. The highest BCUT2D eigenvalue weighted by molar-refractivity contribution is 6.35. The molecule has 13 heteroatoms. The molecule has 0 unspecified atom stereocenters. The minimum atomic E-state index is -4.57. The summed E-state index contributed by atoms with van der Waals surface area (Å²) in [5.41, 5.74) is -3.01. The number of alkyl halides is 3. The maximum Gasteiger partial charge on any atom is 0.396 e. The van der Waals surface area contributed by atoms with Crippen LogP contribution < -0.4 is 15.3 Å². The van der Waals surface area contributed by atoms with Gasteiger partial charge in [0.15, 0.2) is 17.4 Å². The highest BCUT2D eigenvalue weighted by atomic mass is 35.5. The number of amides is 1. The Balaban J connectivity index is 1.60. The number of hydrogen-bond acceptors (Lipinski definition) is 5. The van der Waals surface area contributed by atoms with Crippen LogP contribution in [0.25, 0.3) is 22.0 Å². The van der Waals surface area contributed by atoms with Gasteiger partial charge in [-0.1, -0.05) is 24.2 Å². The number of anilines is 1. The van der Waals surface area contributed by atoms with Gasteiger partial charge in [0.05, 0.1) is 16.0 Å². The van der Waals surface area contributed by atoms with Crippen LogP contribution in [0.15, 0.2) is 35.6 Å². The van der Waals surface area contributed by atoms with E-state index in [1.807, 2.05) is 6.92 Å². The molecule has 1 amide bonds. The second-order valence-electron chi connectivity index (χ2n) is 10.8. The summed E-state index contributed by atoms with van der Waals surface area (Å²) in [6.45, 7) is 5.21. The number of aromatic nitrogens is 2. The standard InChI is InChI=1S/C28H24ClF5N4O3/c1-3-19(39)36-8-9-37(14(2)11-36)25-16-10-17(29)21-20-15(4-5-18(30)22(20)31)12-41-24(21)23(16)38(26(40)35-25)13-27(6-7-27)28(32,33)34/h3-5,10,14H,1,6-9,11-13H2,2H3/t14-/m0/s1. The molecule has 1 aromatic heterocycles. The van der Waals surface area contributed by atoms with E-state index in [-0.39, 0.29) is 89.7 Å². The zero-order valence-electron chi connectivity index (χ0n) is 21.8. The van der Waals surface area contributed by atoms with E-state index in [0.717, 1.165) is 10.6 Å². The van der Waals surface area contributed by atoms with E-state index in [0.29, 0.717) is 5.56 Å². The Morgan fingerprint density at radius 2 is 1.98 bits per heavy atom. The lowest BCUT2D eigenvalue weighted by Crippen LogP contribution is -2.54. The molecule has 1 saturated heterocycles. The lowest BCUT2D eigenvalue weighted by Gasteiger charge is -2.40. The van der Waals surface area contributed by atoms with Crippen molar-refractivity contribution in [2.24, 2.45) is 5.41 Å². The summed E-state index contributed by atoms with van der Waals surface area (Å²) in [7, 11) is 0. The quantitative estimate of drug-likeness (QED) is 0.297. The van der Waals surface area contributed by atoms with Crippen LogP contribution in [0.1, 0.15) is 25.3 Å². The number of rotatable bonds is 4. The SMILES string of the molecule is C=CC(=O)N1CCN(c2nc(=O)n(CC3(C(F)(F)F)CC3)c3c4c(c(Cl)cc23)-c2c(ccc(F)c2F)CO4)[C@@H](C)C1. The second kappa shape index (κ2) is 9.43. The third-order valence-electron chi connectivity index (χ3n) is 8.26. The second-order valence-corrected chi connectivity index (χ2v) is 11.2. The highest BCUT2D eigenvalue weighted by Crippen LogP contribution is 2.59. The van der Waals surface area contributed by atoms with Crippen LogP contribution in [0, 0.1) is 17.0 Å². The fourth-order valence-corrected chi connectivity index (χ4v) is 6.11. The molecular weight excluding hydrogens is 571 g/mol. The minimum Gasteiger partial charge on any atom is -0.486 e. The van der Waals surface area contributed by atoms with Crippen LogP contribution in [0.4, 0.5) is 27.8 Å². The first-order valence-electron chi connectivity index (χ1n) is 13.0. The van der Waals surface area contributed by atoms with Crippen LogP contribution in [0.2, 0.25) is 5.02 Å². The van der Waals surface area contributed by atoms with Gasteiger partial charge in [-0.05, 0) is 38.0 Å². The van der Waals surface area contributed by atoms with Gasteiger partial charge in [0, 0.05) is 54.3 Å². The number of piperazine rings is 1. The van der Waals surface area contributed by atoms with Crippen molar-refractivity contribution in [2.75, 3.05) is 24.5 Å². The average Bonchev–Trinajstić information content (AvgIpc) is 3.73. The van der Waals surface area contributed by atoms with Crippen LogP contribution in [-0.2, 0) is 17.9 Å². The third kappa shape index (κ3) is 4.25. The van der Waals surface area contributed by atoms with Crippen LogP contribution >= 0.6 is 11.6 Å². The molecule has 3 aliphatic rings. The number of hydrogen-bond donors (Lipinski definition) is 0. The van der Waals surface area contributed by atoms with Gasteiger partial charge >= 0.3 is 11.9 Å². The van der Waals surface area contributed by atoms with E-state index in [2.05, 4.69) is 11.6 Å². The van der Waals surface area contributed by atoms with Crippen LogP contribution in [0.5, 0.6) is 5.75 Å². The molecule has 2 aromatic carbocycles. The number of benzene rings is 2. The summed E-state index contributed by atoms with van der Waals surface area (Å²) >= 11 is 6.67. The van der Waals surface area contributed by atoms with Crippen molar-refractivity contribution in [3.63, 3.8) is 0 Å². The zero-order chi connectivity index (χ0) is 29.4. The number of fused-ring (bicyclic) bond motifs is 5. The van der Waals surface area contributed by atoms with Crippen molar-refractivity contribution in [3.8, 4) is 16.9 Å². The van der Waals surface area contributed by atoms with Crippen molar-refractivity contribution in [2.45, 2.75) is 45.1 Å². The molecule has 7 nitrogen and oxygen atoms in total. The summed E-state index contributed by atoms with van der Waals surface area (Å²) in [6.07, 6.45) is -3.70. The van der Waals surface area contributed by atoms with Crippen molar-refractivity contribution in [1.82, 2.24) is 14.5 Å². The monoisotopic (exact) mass is 594 g/mol. The summed E-state index contributed by atoms with van der Waals surface area (Å²) in [6, 6.07) is 3.36. The Hall–Kier alpha value is -3.67. The number of nitrogens with zero attached hydrogens (tertiary/aromatic N) is 4. The van der Waals surface area contributed by atoms with Gasteiger partial charge < -0.3 is 14.5 Å². The molecule has 1 atom stereocenters.